The summed E-state index contributed by atoms with van der Waals surface area (Å²) in [6.45, 7) is 6.75. The summed E-state index contributed by atoms with van der Waals surface area (Å²) in [6.07, 6.45) is 1.50. The van der Waals surface area contributed by atoms with E-state index in [1.807, 2.05) is 24.8 Å². The molecule has 1 rings (SSSR count). The van der Waals surface area contributed by atoms with Crippen molar-refractivity contribution in [2.45, 2.75) is 20.8 Å². The molecule has 0 radical (unpaired) electrons. The summed E-state index contributed by atoms with van der Waals surface area (Å²) < 4.78 is 0. The van der Waals surface area contributed by atoms with E-state index in [2.05, 4.69) is 9.97 Å². The van der Waals surface area contributed by atoms with Crippen molar-refractivity contribution < 1.29 is 9.90 Å². The highest BCUT2D eigenvalue weighted by molar-refractivity contribution is 5.70. The topological polar surface area (TPSA) is 66.3 Å². The van der Waals surface area contributed by atoms with Crippen LogP contribution in [-0.2, 0) is 4.79 Å². The number of aryl methyl sites for hydroxylation is 1. The highest BCUT2D eigenvalue weighted by Crippen LogP contribution is 2.12. The van der Waals surface area contributed by atoms with E-state index < -0.39 is 11.9 Å². The molecule has 0 aromatic carbocycles. The van der Waals surface area contributed by atoms with Crippen LogP contribution in [0.15, 0.2) is 12.4 Å². The molecule has 5 nitrogen and oxygen atoms in total. The number of carboxylic acid groups (broad SMARTS) is 1. The van der Waals surface area contributed by atoms with Crippen LogP contribution >= 0.6 is 0 Å². The maximum absolute atomic E-state index is 10.8. The normalized spacial score (nSPS) is 12.2. The Labute approximate surface area is 95.1 Å². The number of hydrogen-bond donors (Lipinski definition) is 1. The van der Waals surface area contributed by atoms with Gasteiger partial charge in [0.05, 0.1) is 5.92 Å². The van der Waals surface area contributed by atoms with Gasteiger partial charge in [-0.05, 0) is 13.8 Å². The molecular formula is C11H17N3O2. The molecule has 16 heavy (non-hydrogen) atoms. The Morgan fingerprint density at radius 2 is 2.25 bits per heavy atom. The molecule has 0 bridgehead atoms. The number of rotatable bonds is 5. The summed E-state index contributed by atoms with van der Waals surface area (Å²) in [7, 11) is 0. The average Bonchev–Trinajstić information content (AvgIpc) is 2.25. The van der Waals surface area contributed by atoms with Crippen molar-refractivity contribution in [2.24, 2.45) is 5.92 Å². The molecule has 1 heterocycles. The van der Waals surface area contributed by atoms with Crippen molar-refractivity contribution >= 4 is 11.8 Å². The van der Waals surface area contributed by atoms with E-state index in [0.29, 0.717) is 6.54 Å². The second-order valence-corrected chi connectivity index (χ2v) is 3.80. The van der Waals surface area contributed by atoms with Gasteiger partial charge in [0.15, 0.2) is 0 Å². The number of carboxylic acids is 1. The van der Waals surface area contributed by atoms with Gasteiger partial charge in [0.25, 0.3) is 0 Å². The van der Waals surface area contributed by atoms with E-state index in [-0.39, 0.29) is 0 Å². The van der Waals surface area contributed by atoms with Crippen LogP contribution in [-0.4, -0.2) is 34.1 Å². The molecule has 0 saturated carbocycles. The molecule has 0 saturated heterocycles. The minimum Gasteiger partial charge on any atom is -0.481 e. The second-order valence-electron chi connectivity index (χ2n) is 3.80. The van der Waals surface area contributed by atoms with E-state index in [0.717, 1.165) is 18.1 Å². The largest absolute Gasteiger partial charge is 0.481 e. The van der Waals surface area contributed by atoms with Crippen LogP contribution in [0, 0.1) is 12.8 Å². The SMILES string of the molecule is CCN(CC(C)C(=O)O)c1cc(C)ncn1. The van der Waals surface area contributed by atoms with Gasteiger partial charge in [-0.2, -0.15) is 0 Å². The first kappa shape index (κ1) is 12.4. The van der Waals surface area contributed by atoms with E-state index in [1.165, 1.54) is 6.33 Å². The third-order valence-corrected chi connectivity index (χ3v) is 2.41. The summed E-state index contributed by atoms with van der Waals surface area (Å²) in [5.41, 5.74) is 0.881. The van der Waals surface area contributed by atoms with Crippen LogP contribution in [0.4, 0.5) is 5.82 Å². The Balaban J connectivity index is 2.78. The Hall–Kier alpha value is -1.65. The van der Waals surface area contributed by atoms with Crippen molar-refractivity contribution in [3.63, 3.8) is 0 Å². The van der Waals surface area contributed by atoms with Crippen molar-refractivity contribution in [3.05, 3.63) is 18.1 Å². The quantitative estimate of drug-likeness (QED) is 0.815. The lowest BCUT2D eigenvalue weighted by Gasteiger charge is -2.23. The smallest absolute Gasteiger partial charge is 0.308 e. The molecule has 88 valence electrons. The second kappa shape index (κ2) is 5.44. The third kappa shape index (κ3) is 3.18. The highest BCUT2D eigenvalue weighted by atomic mass is 16.4. The molecule has 0 fully saturated rings. The van der Waals surface area contributed by atoms with E-state index in [9.17, 15) is 4.79 Å². The van der Waals surface area contributed by atoms with Crippen LogP contribution in [0.5, 0.6) is 0 Å². The predicted octanol–water partition coefficient (Wildman–Crippen LogP) is 1.33. The number of nitrogens with zero attached hydrogens (tertiary/aromatic N) is 3. The zero-order valence-corrected chi connectivity index (χ0v) is 9.84. The summed E-state index contributed by atoms with van der Waals surface area (Å²) >= 11 is 0. The van der Waals surface area contributed by atoms with E-state index >= 15 is 0 Å². The maximum atomic E-state index is 10.8. The van der Waals surface area contributed by atoms with Crippen LogP contribution in [0.1, 0.15) is 19.5 Å². The van der Waals surface area contributed by atoms with Crippen LogP contribution in [0.3, 0.4) is 0 Å². The van der Waals surface area contributed by atoms with Crippen molar-refractivity contribution in [1.29, 1.82) is 0 Å². The summed E-state index contributed by atoms with van der Waals surface area (Å²) in [6, 6.07) is 1.86. The fourth-order valence-corrected chi connectivity index (χ4v) is 1.41. The first-order chi connectivity index (χ1) is 7.54. The van der Waals surface area contributed by atoms with Gasteiger partial charge in [-0.25, -0.2) is 9.97 Å². The van der Waals surface area contributed by atoms with Gasteiger partial charge in [0.1, 0.15) is 12.1 Å². The number of hydrogen-bond acceptors (Lipinski definition) is 4. The maximum Gasteiger partial charge on any atom is 0.308 e. The molecule has 5 heteroatoms. The molecule has 0 spiro atoms. The molecule has 0 amide bonds. The molecular weight excluding hydrogens is 206 g/mol. The molecule has 0 aliphatic carbocycles. The zero-order valence-electron chi connectivity index (χ0n) is 9.84. The molecule has 0 aliphatic heterocycles. The minimum absolute atomic E-state index is 0.407. The fourth-order valence-electron chi connectivity index (χ4n) is 1.41. The van der Waals surface area contributed by atoms with Gasteiger partial charge < -0.3 is 10.0 Å². The first-order valence-corrected chi connectivity index (χ1v) is 5.31. The molecule has 1 aromatic heterocycles. The van der Waals surface area contributed by atoms with E-state index in [1.54, 1.807) is 6.92 Å². The summed E-state index contributed by atoms with van der Waals surface area (Å²) in [5.74, 6) is -0.414. The van der Waals surface area contributed by atoms with Crippen LogP contribution in [0.25, 0.3) is 0 Å². The number of anilines is 1. The van der Waals surface area contributed by atoms with Crippen molar-refractivity contribution in [3.8, 4) is 0 Å². The average molecular weight is 223 g/mol. The number of aliphatic carboxylic acids is 1. The zero-order chi connectivity index (χ0) is 12.1. The Kier molecular flexibility index (Phi) is 4.22. The molecule has 1 atom stereocenters. The predicted molar refractivity (Wildman–Crippen MR) is 61.5 cm³/mol. The summed E-state index contributed by atoms with van der Waals surface area (Å²) in [4.78, 5) is 20.9. The van der Waals surface area contributed by atoms with Gasteiger partial charge in [0, 0.05) is 24.8 Å². The standard InChI is InChI=1S/C11H17N3O2/c1-4-14(6-8(2)11(15)16)10-5-9(3)12-7-13-10/h5,7-8H,4,6H2,1-3H3,(H,15,16). The Bertz CT molecular complexity index is 368. The third-order valence-electron chi connectivity index (χ3n) is 2.41. The number of aromatic nitrogens is 2. The summed E-state index contributed by atoms with van der Waals surface area (Å²) in [5, 5.41) is 8.87. The van der Waals surface area contributed by atoms with Crippen LogP contribution < -0.4 is 4.90 Å². The number of carbonyl (C=O) groups is 1. The molecule has 1 aromatic rings. The molecule has 0 aliphatic rings. The molecule has 1 N–H and O–H groups in total. The minimum atomic E-state index is -0.788. The highest BCUT2D eigenvalue weighted by Gasteiger charge is 2.16. The van der Waals surface area contributed by atoms with Crippen LogP contribution in [0.2, 0.25) is 0 Å². The van der Waals surface area contributed by atoms with Gasteiger partial charge in [-0.3, -0.25) is 4.79 Å². The lowest BCUT2D eigenvalue weighted by molar-refractivity contribution is -0.140. The van der Waals surface area contributed by atoms with Gasteiger partial charge in [0.2, 0.25) is 0 Å². The lowest BCUT2D eigenvalue weighted by Crippen LogP contribution is -2.32. The Morgan fingerprint density at radius 3 is 2.75 bits per heavy atom. The van der Waals surface area contributed by atoms with Crippen molar-refractivity contribution in [2.75, 3.05) is 18.0 Å². The Morgan fingerprint density at radius 1 is 1.56 bits per heavy atom. The van der Waals surface area contributed by atoms with Crippen molar-refractivity contribution in [1.82, 2.24) is 9.97 Å². The molecule has 1 unspecified atom stereocenters. The first-order valence-electron chi connectivity index (χ1n) is 5.31. The lowest BCUT2D eigenvalue weighted by atomic mass is 10.1. The fraction of sp³-hybridized carbons (Fsp3) is 0.545. The van der Waals surface area contributed by atoms with Gasteiger partial charge >= 0.3 is 5.97 Å². The van der Waals surface area contributed by atoms with Gasteiger partial charge in [-0.1, -0.05) is 6.92 Å². The monoisotopic (exact) mass is 223 g/mol. The van der Waals surface area contributed by atoms with Gasteiger partial charge in [-0.15, -0.1) is 0 Å². The van der Waals surface area contributed by atoms with E-state index in [4.69, 9.17) is 5.11 Å².